The van der Waals surface area contributed by atoms with Gasteiger partial charge in [0.2, 0.25) is 11.8 Å². The lowest BCUT2D eigenvalue weighted by Gasteiger charge is -2.50. The first-order chi connectivity index (χ1) is 55.0. The van der Waals surface area contributed by atoms with Gasteiger partial charge in [0, 0.05) is 13.8 Å². The number of aliphatic hydroxyl groups is 29. The molecule has 2 amide bonds. The number of hydrogen-bond donors (Lipinski definition) is 31. The van der Waals surface area contributed by atoms with Gasteiger partial charge in [0.25, 0.3) is 0 Å². The van der Waals surface area contributed by atoms with Crippen LogP contribution in [-0.2, 0) is 99.6 Å². The first kappa shape index (κ1) is 95.3. The van der Waals surface area contributed by atoms with Crippen LogP contribution < -0.4 is 10.6 Å². The lowest BCUT2D eigenvalue weighted by molar-refractivity contribution is -0.401. The topological polar surface area (TPSA) is 820 Å². The summed E-state index contributed by atoms with van der Waals surface area (Å²) in [7, 11) is 0. The predicted molar refractivity (Wildman–Crippen MR) is 352 cm³/mol. The van der Waals surface area contributed by atoms with Crippen molar-refractivity contribution in [2.75, 3.05) is 72.7 Å². The average molecular weight is 1710 g/mol. The standard InChI is InChI=1S/C64H108N2O50/c1-14(75)65-16-11-98-23(9-73)49(28(16)77)110-56-27(66-15(2)76)37(86)50(24(10-74)107-56)111-61-48(97)52(113-64-55(43(92)34(83)22(8-72)106-64)116-60-46(95)40(89)31(80)19(5-69)103-60)36(85)26(109-61)12-99-57-47(96)51(112-63-54(42(91)33(82)21(7-71)105-63)115-59-45(94)39(88)30(79)18(4-68)102-59)35(84)25(108-57)13-100-62-53(41(90)32(81)20(6-70)104-62)114-58-44(93)38(87)29(78)17(3-67)101-58/h16-64,67-74,77-97H,3-13H2,1-2H3,(H,65,75)(H,66,76)/t16-,17+,18+,19+,20+,21+,22+,23+,24+,25+,26+,27+,28+,29+,30+,31+,32+,33+,34+,35+,36+,37+,38-,39-,40-,41-,42-,43-,44-,45-,46-,47-,48-,49+,50+,51-,52-,53-,54-,55-,56-,57-,58+,59-,60-,61-,62+,63+,64-/m0/s1. The number of carbonyl (C=O) groups excluding carboxylic acids is 2. The molecule has 49 atom stereocenters. The summed E-state index contributed by atoms with van der Waals surface area (Å²) >= 11 is 0. The van der Waals surface area contributed by atoms with Gasteiger partial charge in [0.05, 0.1) is 78.7 Å². The van der Waals surface area contributed by atoms with Crippen LogP contribution in [0.1, 0.15) is 13.8 Å². The zero-order valence-electron chi connectivity index (χ0n) is 61.6. The molecule has 0 bridgehead atoms. The molecule has 0 aliphatic carbocycles. The first-order valence-corrected chi connectivity index (χ1v) is 37.0. The molecule has 10 aliphatic rings. The van der Waals surface area contributed by atoms with E-state index in [1.165, 1.54) is 0 Å². The van der Waals surface area contributed by atoms with E-state index in [-0.39, 0.29) is 6.61 Å². The Morgan fingerprint density at radius 1 is 0.250 bits per heavy atom. The number of aliphatic hydroxyl groups excluding tert-OH is 29. The average Bonchev–Trinajstić information content (AvgIpc) is 0.782. The first-order valence-electron chi connectivity index (χ1n) is 37.0. The second kappa shape index (κ2) is 41.7. The maximum absolute atomic E-state index is 13.0. The van der Waals surface area contributed by atoms with E-state index in [1.54, 1.807) is 0 Å². The molecule has 31 N–H and O–H groups in total. The van der Waals surface area contributed by atoms with Crippen LogP contribution in [0.15, 0.2) is 0 Å². The molecule has 674 valence electrons. The monoisotopic (exact) mass is 1700 g/mol. The number of amides is 2. The molecule has 10 saturated heterocycles. The molecule has 0 spiro atoms. The van der Waals surface area contributed by atoms with E-state index in [2.05, 4.69) is 10.6 Å². The molecule has 52 heteroatoms. The fourth-order valence-electron chi connectivity index (χ4n) is 14.9. The van der Waals surface area contributed by atoms with Gasteiger partial charge in [0.15, 0.2) is 56.6 Å². The predicted octanol–water partition coefficient (Wildman–Crippen LogP) is -21.8. The van der Waals surface area contributed by atoms with Crippen molar-refractivity contribution in [3.63, 3.8) is 0 Å². The lowest BCUT2D eigenvalue weighted by atomic mass is 9.94. The Morgan fingerprint density at radius 3 is 0.905 bits per heavy atom. The third kappa shape index (κ3) is 20.5. The second-order valence-electron chi connectivity index (χ2n) is 29.4. The molecule has 0 radical (unpaired) electrons. The maximum atomic E-state index is 13.0. The molecule has 0 aromatic heterocycles. The summed E-state index contributed by atoms with van der Waals surface area (Å²) in [6.07, 6.45) is -100. The molecular weight excluding hydrogens is 1600 g/mol. The van der Waals surface area contributed by atoms with Crippen LogP contribution in [0.3, 0.4) is 0 Å². The molecular formula is C64H108N2O50. The number of rotatable bonds is 30. The molecule has 0 aromatic carbocycles. The van der Waals surface area contributed by atoms with Crippen LogP contribution in [0.2, 0.25) is 0 Å². The van der Waals surface area contributed by atoms with Gasteiger partial charge in [-0.1, -0.05) is 0 Å². The van der Waals surface area contributed by atoms with Gasteiger partial charge in [-0.25, -0.2) is 0 Å². The molecule has 10 fully saturated rings. The summed E-state index contributed by atoms with van der Waals surface area (Å²) in [4.78, 5) is 25.1. The summed E-state index contributed by atoms with van der Waals surface area (Å²) in [5, 5.41) is 326. The Hall–Kier alpha value is -2.98. The molecule has 10 aliphatic heterocycles. The van der Waals surface area contributed by atoms with Gasteiger partial charge in [-0.05, 0) is 0 Å². The highest BCUT2D eigenvalue weighted by molar-refractivity contribution is 5.73. The largest absolute Gasteiger partial charge is 0.394 e. The summed E-state index contributed by atoms with van der Waals surface area (Å²) in [5.74, 6) is -1.56. The van der Waals surface area contributed by atoms with E-state index in [1.807, 2.05) is 0 Å². The van der Waals surface area contributed by atoms with Crippen LogP contribution in [0.25, 0.3) is 0 Å². The van der Waals surface area contributed by atoms with E-state index >= 15 is 0 Å². The van der Waals surface area contributed by atoms with Crippen molar-refractivity contribution in [2.45, 2.75) is 314 Å². The van der Waals surface area contributed by atoms with Crippen molar-refractivity contribution in [2.24, 2.45) is 0 Å². The maximum Gasteiger partial charge on any atom is 0.217 e. The molecule has 10 heterocycles. The summed E-state index contributed by atoms with van der Waals surface area (Å²) in [6.45, 7) is -9.28. The quantitative estimate of drug-likeness (QED) is 0.0318. The minimum Gasteiger partial charge on any atom is -0.394 e. The van der Waals surface area contributed by atoms with E-state index in [0.717, 1.165) is 13.8 Å². The minimum atomic E-state index is -2.57. The van der Waals surface area contributed by atoms with E-state index in [4.69, 9.17) is 90.0 Å². The summed E-state index contributed by atoms with van der Waals surface area (Å²) in [6, 6.07) is -3.08. The van der Waals surface area contributed by atoms with Gasteiger partial charge in [-0.2, -0.15) is 0 Å². The molecule has 0 saturated carbocycles. The molecule has 52 nitrogen and oxygen atoms in total. The number of nitrogens with one attached hydrogen (secondary N) is 2. The van der Waals surface area contributed by atoms with Crippen molar-refractivity contribution in [3.8, 4) is 0 Å². The van der Waals surface area contributed by atoms with E-state index in [9.17, 15) is 158 Å². The second-order valence-corrected chi connectivity index (χ2v) is 29.4. The van der Waals surface area contributed by atoms with Crippen molar-refractivity contribution in [1.29, 1.82) is 0 Å². The van der Waals surface area contributed by atoms with E-state index < -0.39 is 379 Å². The Kier molecular flexibility index (Phi) is 34.2. The van der Waals surface area contributed by atoms with Crippen LogP contribution in [0.5, 0.6) is 0 Å². The van der Waals surface area contributed by atoms with Crippen LogP contribution >= 0.6 is 0 Å². The molecule has 0 unspecified atom stereocenters. The van der Waals surface area contributed by atoms with Crippen molar-refractivity contribution >= 4 is 11.8 Å². The van der Waals surface area contributed by atoms with Gasteiger partial charge in [-0.3, -0.25) is 9.59 Å². The summed E-state index contributed by atoms with van der Waals surface area (Å²) < 4.78 is 112. The normalized spacial score (nSPS) is 51.1. The van der Waals surface area contributed by atoms with Crippen LogP contribution in [0.4, 0.5) is 0 Å². The number of carbonyl (C=O) groups is 2. The zero-order valence-corrected chi connectivity index (χ0v) is 61.6. The SMILES string of the molecule is CC(=O)N[C@H]1[C@H](O[C@H]2[C@H](O)[C@@H](NC(C)=O)CO[C@@H]2CO)O[C@H](CO)[C@@H](O[C@@H]2O[C@H](CO[C@H]3O[C@H](CO[C@@H]4O[C@H](CO)[C@@H](O)[C@H](O)[C@@H]4O[C@H]4O[C@H](CO)[C@@H](O)[C@H](O)[C@@H]4O)[C@@H](O)[C@H](O[C@H]4O[C@H](CO)[C@@H](O)[C@H](O)[C@@H]4O[C@@H]4O[C@H](CO)[C@@H](O)[C@H](O)[C@@H]4O)[C@@H]3O)[C@@H](O)[C@H](O[C@@H]3O[C@H](CO)[C@@H](O)[C@H](O)[C@@H]3O[C@@H]3O[C@H](CO)[C@@H](O)[C@H](O)[C@@H]3O)[C@@H]2O)[C@@H]1O. The fourth-order valence-corrected chi connectivity index (χ4v) is 14.9. The smallest absolute Gasteiger partial charge is 0.217 e. The zero-order chi connectivity index (χ0) is 85.1. The highest BCUT2D eigenvalue weighted by Gasteiger charge is 2.61. The van der Waals surface area contributed by atoms with Crippen molar-refractivity contribution in [1.82, 2.24) is 10.6 Å². The lowest BCUT2D eigenvalue weighted by Crippen LogP contribution is -2.70. The van der Waals surface area contributed by atoms with Gasteiger partial charge in [0.1, 0.15) is 238 Å². The molecule has 10 rings (SSSR count). The van der Waals surface area contributed by atoms with Crippen molar-refractivity contribution in [3.05, 3.63) is 0 Å². The van der Waals surface area contributed by atoms with Crippen LogP contribution in [0, 0.1) is 0 Å². The van der Waals surface area contributed by atoms with Gasteiger partial charge < -0.3 is 249 Å². The minimum absolute atomic E-state index is 0.359. The summed E-state index contributed by atoms with van der Waals surface area (Å²) in [5.41, 5.74) is 0. The Labute approximate surface area is 655 Å². The van der Waals surface area contributed by atoms with Crippen molar-refractivity contribution < 1.29 is 248 Å². The third-order valence-corrected chi connectivity index (χ3v) is 21.6. The van der Waals surface area contributed by atoms with E-state index in [0.29, 0.717) is 0 Å². The molecule has 0 aromatic rings. The Balaban J connectivity index is 1.00. The highest BCUT2D eigenvalue weighted by atomic mass is 16.8. The number of ether oxygens (including phenoxy) is 19. The molecule has 116 heavy (non-hydrogen) atoms. The Morgan fingerprint density at radius 2 is 0.526 bits per heavy atom. The highest BCUT2D eigenvalue weighted by Crippen LogP contribution is 2.40. The van der Waals surface area contributed by atoms with Gasteiger partial charge >= 0.3 is 0 Å². The van der Waals surface area contributed by atoms with Gasteiger partial charge in [-0.15, -0.1) is 0 Å². The third-order valence-electron chi connectivity index (χ3n) is 21.6. The fraction of sp³-hybridized carbons (Fsp3) is 0.969. The number of hydrogen-bond acceptors (Lipinski definition) is 50. The van der Waals surface area contributed by atoms with Crippen LogP contribution in [-0.4, -0.2) is 533 Å². The Bertz CT molecular complexity index is 3010.